The SMILES string of the molecule is C[C@@H](N)C(O)c1ccccc1. The zero-order valence-electron chi connectivity index (χ0n) is 6.57. The Kier molecular flexibility index (Phi) is 2.63. The minimum Gasteiger partial charge on any atom is -0.387 e. The standard InChI is InChI=1S/C9H13NO/c1-7(10)9(11)8-5-3-2-4-6-8/h2-7,9,11H,10H2,1H3/t7-,9?/m1/s1. The van der Waals surface area contributed by atoms with E-state index in [1.807, 2.05) is 30.3 Å². The summed E-state index contributed by atoms with van der Waals surface area (Å²) in [6.45, 7) is 1.79. The fourth-order valence-corrected chi connectivity index (χ4v) is 0.954. The highest BCUT2D eigenvalue weighted by Gasteiger charge is 2.10. The Morgan fingerprint density at radius 2 is 1.82 bits per heavy atom. The topological polar surface area (TPSA) is 46.2 Å². The molecule has 1 unspecified atom stereocenters. The van der Waals surface area contributed by atoms with Crippen molar-refractivity contribution in [3.8, 4) is 0 Å². The molecule has 1 aromatic carbocycles. The van der Waals surface area contributed by atoms with E-state index in [0.717, 1.165) is 5.56 Å². The van der Waals surface area contributed by atoms with Crippen molar-refractivity contribution in [3.05, 3.63) is 35.9 Å². The molecular formula is C9H13NO. The van der Waals surface area contributed by atoms with Gasteiger partial charge in [-0.25, -0.2) is 0 Å². The third kappa shape index (κ3) is 2.03. The predicted octanol–water partition coefficient (Wildman–Crippen LogP) is 1.07. The first-order valence-electron chi connectivity index (χ1n) is 3.70. The van der Waals surface area contributed by atoms with Crippen LogP contribution in [0.5, 0.6) is 0 Å². The average Bonchev–Trinajstić information content (AvgIpc) is 2.05. The summed E-state index contributed by atoms with van der Waals surface area (Å²) in [6, 6.07) is 9.22. The molecule has 11 heavy (non-hydrogen) atoms. The summed E-state index contributed by atoms with van der Waals surface area (Å²) in [4.78, 5) is 0. The van der Waals surface area contributed by atoms with E-state index >= 15 is 0 Å². The molecule has 0 aliphatic carbocycles. The Morgan fingerprint density at radius 1 is 1.27 bits per heavy atom. The molecular weight excluding hydrogens is 138 g/mol. The van der Waals surface area contributed by atoms with Crippen LogP contribution in [0.1, 0.15) is 18.6 Å². The van der Waals surface area contributed by atoms with Gasteiger partial charge in [0, 0.05) is 6.04 Å². The molecule has 0 saturated carbocycles. The lowest BCUT2D eigenvalue weighted by atomic mass is 10.0. The normalized spacial score (nSPS) is 15.9. The van der Waals surface area contributed by atoms with Gasteiger partial charge in [-0.05, 0) is 12.5 Å². The third-order valence-electron chi connectivity index (χ3n) is 1.64. The van der Waals surface area contributed by atoms with Crippen LogP contribution >= 0.6 is 0 Å². The van der Waals surface area contributed by atoms with E-state index in [1.54, 1.807) is 6.92 Å². The van der Waals surface area contributed by atoms with Crippen molar-refractivity contribution in [3.63, 3.8) is 0 Å². The molecule has 0 saturated heterocycles. The fourth-order valence-electron chi connectivity index (χ4n) is 0.954. The quantitative estimate of drug-likeness (QED) is 0.664. The number of rotatable bonds is 2. The van der Waals surface area contributed by atoms with Crippen molar-refractivity contribution in [1.29, 1.82) is 0 Å². The highest BCUT2D eigenvalue weighted by Crippen LogP contribution is 2.13. The van der Waals surface area contributed by atoms with Crippen LogP contribution in [0.3, 0.4) is 0 Å². The molecule has 0 amide bonds. The van der Waals surface area contributed by atoms with Crippen molar-refractivity contribution in [2.45, 2.75) is 19.1 Å². The summed E-state index contributed by atoms with van der Waals surface area (Å²) in [5.41, 5.74) is 6.40. The maximum atomic E-state index is 9.47. The molecule has 0 bridgehead atoms. The maximum absolute atomic E-state index is 9.47. The molecule has 0 radical (unpaired) electrons. The molecule has 0 spiro atoms. The summed E-state index contributed by atoms with van der Waals surface area (Å²) in [6.07, 6.45) is -0.545. The van der Waals surface area contributed by atoms with Crippen molar-refractivity contribution >= 4 is 0 Å². The van der Waals surface area contributed by atoms with Crippen molar-refractivity contribution < 1.29 is 5.11 Å². The van der Waals surface area contributed by atoms with E-state index < -0.39 is 6.10 Å². The molecule has 0 heterocycles. The minimum atomic E-state index is -0.545. The van der Waals surface area contributed by atoms with Gasteiger partial charge in [-0.2, -0.15) is 0 Å². The average molecular weight is 151 g/mol. The lowest BCUT2D eigenvalue weighted by Crippen LogP contribution is -2.24. The summed E-state index contributed by atoms with van der Waals surface area (Å²) in [7, 11) is 0. The first kappa shape index (κ1) is 8.24. The van der Waals surface area contributed by atoms with Gasteiger partial charge in [0.25, 0.3) is 0 Å². The molecule has 1 aromatic rings. The van der Waals surface area contributed by atoms with E-state index in [9.17, 15) is 5.11 Å². The zero-order valence-corrected chi connectivity index (χ0v) is 6.57. The molecule has 0 aliphatic heterocycles. The Bertz CT molecular complexity index is 208. The predicted molar refractivity (Wildman–Crippen MR) is 45.1 cm³/mol. The van der Waals surface area contributed by atoms with Gasteiger partial charge in [0.1, 0.15) is 0 Å². The van der Waals surface area contributed by atoms with E-state index in [4.69, 9.17) is 5.73 Å². The Balaban J connectivity index is 2.77. The lowest BCUT2D eigenvalue weighted by molar-refractivity contribution is 0.153. The molecule has 2 nitrogen and oxygen atoms in total. The van der Waals surface area contributed by atoms with Crippen molar-refractivity contribution in [1.82, 2.24) is 0 Å². The summed E-state index contributed by atoms with van der Waals surface area (Å²) in [5, 5.41) is 9.47. The second kappa shape index (κ2) is 3.51. The number of aliphatic hydroxyl groups excluding tert-OH is 1. The van der Waals surface area contributed by atoms with Gasteiger partial charge in [-0.1, -0.05) is 30.3 Å². The Morgan fingerprint density at radius 3 is 2.27 bits per heavy atom. The Hall–Kier alpha value is -0.860. The second-order valence-corrected chi connectivity index (χ2v) is 2.71. The van der Waals surface area contributed by atoms with Crippen LogP contribution in [-0.2, 0) is 0 Å². The number of hydrogen-bond donors (Lipinski definition) is 2. The van der Waals surface area contributed by atoms with Crippen LogP contribution in [0, 0.1) is 0 Å². The summed E-state index contributed by atoms with van der Waals surface area (Å²) >= 11 is 0. The monoisotopic (exact) mass is 151 g/mol. The van der Waals surface area contributed by atoms with Gasteiger partial charge < -0.3 is 10.8 Å². The van der Waals surface area contributed by atoms with Gasteiger partial charge in [0.2, 0.25) is 0 Å². The minimum absolute atomic E-state index is 0.211. The van der Waals surface area contributed by atoms with E-state index in [2.05, 4.69) is 0 Å². The van der Waals surface area contributed by atoms with Gasteiger partial charge >= 0.3 is 0 Å². The number of benzene rings is 1. The highest BCUT2D eigenvalue weighted by atomic mass is 16.3. The van der Waals surface area contributed by atoms with Crippen LogP contribution in [0.25, 0.3) is 0 Å². The highest BCUT2D eigenvalue weighted by molar-refractivity contribution is 5.18. The molecule has 0 aliphatic rings. The second-order valence-electron chi connectivity index (χ2n) is 2.71. The van der Waals surface area contributed by atoms with Gasteiger partial charge in [-0.15, -0.1) is 0 Å². The molecule has 60 valence electrons. The molecule has 0 aromatic heterocycles. The maximum Gasteiger partial charge on any atom is 0.0938 e. The van der Waals surface area contributed by atoms with E-state index in [1.165, 1.54) is 0 Å². The Labute approximate surface area is 66.7 Å². The van der Waals surface area contributed by atoms with Crippen molar-refractivity contribution in [2.75, 3.05) is 0 Å². The number of nitrogens with two attached hydrogens (primary N) is 1. The number of aliphatic hydroxyl groups is 1. The molecule has 2 heteroatoms. The van der Waals surface area contributed by atoms with Gasteiger partial charge in [0.05, 0.1) is 6.10 Å². The van der Waals surface area contributed by atoms with E-state index in [-0.39, 0.29) is 6.04 Å². The molecule has 2 atom stereocenters. The molecule has 1 rings (SSSR count). The molecule has 0 fully saturated rings. The smallest absolute Gasteiger partial charge is 0.0938 e. The van der Waals surface area contributed by atoms with Crippen LogP contribution in [0.4, 0.5) is 0 Å². The lowest BCUT2D eigenvalue weighted by Gasteiger charge is -2.13. The third-order valence-corrected chi connectivity index (χ3v) is 1.64. The van der Waals surface area contributed by atoms with Crippen LogP contribution in [0.2, 0.25) is 0 Å². The zero-order chi connectivity index (χ0) is 8.27. The van der Waals surface area contributed by atoms with Crippen LogP contribution < -0.4 is 5.73 Å². The first-order chi connectivity index (χ1) is 5.22. The summed E-state index contributed by atoms with van der Waals surface area (Å²) in [5.74, 6) is 0. The first-order valence-corrected chi connectivity index (χ1v) is 3.70. The van der Waals surface area contributed by atoms with E-state index in [0.29, 0.717) is 0 Å². The number of hydrogen-bond acceptors (Lipinski definition) is 2. The molecule has 3 N–H and O–H groups in total. The largest absolute Gasteiger partial charge is 0.387 e. The van der Waals surface area contributed by atoms with Gasteiger partial charge in [0.15, 0.2) is 0 Å². The van der Waals surface area contributed by atoms with Crippen LogP contribution in [0.15, 0.2) is 30.3 Å². The van der Waals surface area contributed by atoms with Gasteiger partial charge in [-0.3, -0.25) is 0 Å². The van der Waals surface area contributed by atoms with Crippen molar-refractivity contribution in [2.24, 2.45) is 5.73 Å². The summed E-state index contributed by atoms with van der Waals surface area (Å²) < 4.78 is 0. The van der Waals surface area contributed by atoms with Crippen LogP contribution in [-0.4, -0.2) is 11.1 Å². The fraction of sp³-hybridized carbons (Fsp3) is 0.333.